The highest BCUT2D eigenvalue weighted by Crippen LogP contribution is 2.33. The summed E-state index contributed by atoms with van der Waals surface area (Å²) in [5, 5.41) is 23.9. The number of nitrogens with zero attached hydrogens (tertiary/aromatic N) is 3. The molecule has 0 aliphatic rings. The molecule has 1 aromatic rings. The van der Waals surface area contributed by atoms with Crippen molar-refractivity contribution in [1.82, 2.24) is 4.98 Å². The van der Waals surface area contributed by atoms with Crippen LogP contribution in [-0.2, 0) is 10.0 Å². The Hall–Kier alpha value is -2.19. The minimum atomic E-state index is -4.80. The molecule has 0 saturated heterocycles. The maximum Gasteiger partial charge on any atom is 0.326 e. The number of nitriles is 1. The van der Waals surface area contributed by atoms with Crippen LogP contribution >= 0.6 is 0 Å². The van der Waals surface area contributed by atoms with Gasteiger partial charge in [-0.15, -0.1) is 0 Å². The Morgan fingerprint density at radius 3 is 2.44 bits per heavy atom. The second kappa shape index (κ2) is 4.59. The van der Waals surface area contributed by atoms with Crippen LogP contribution in [-0.4, -0.2) is 18.3 Å². The van der Waals surface area contributed by atoms with Crippen LogP contribution in [0.4, 0.5) is 14.5 Å². The molecule has 96 valence electrons. The summed E-state index contributed by atoms with van der Waals surface area (Å²) in [6.07, 6.45) is -2.96. The lowest BCUT2D eigenvalue weighted by Gasteiger charge is -2.07. The molecule has 11 heteroatoms. The molecule has 0 unspecified atom stereocenters. The first-order valence-corrected chi connectivity index (χ1v) is 5.63. The third-order valence-electron chi connectivity index (χ3n) is 1.84. The van der Waals surface area contributed by atoms with Gasteiger partial charge >= 0.3 is 5.69 Å². The van der Waals surface area contributed by atoms with Crippen molar-refractivity contribution >= 4 is 15.7 Å². The summed E-state index contributed by atoms with van der Waals surface area (Å²) in [6.45, 7) is 0. The Morgan fingerprint density at radius 1 is 1.56 bits per heavy atom. The smallest absolute Gasteiger partial charge is 0.258 e. The van der Waals surface area contributed by atoms with Crippen LogP contribution < -0.4 is 5.14 Å². The summed E-state index contributed by atoms with van der Waals surface area (Å²) in [5.74, 6) is 0. The Balaban J connectivity index is 3.91. The Labute approximate surface area is 98.9 Å². The summed E-state index contributed by atoms with van der Waals surface area (Å²) < 4.78 is 47.5. The largest absolute Gasteiger partial charge is 0.326 e. The van der Waals surface area contributed by atoms with E-state index in [1.165, 1.54) is 6.07 Å². The molecule has 2 N–H and O–H groups in total. The molecule has 1 rings (SSSR count). The van der Waals surface area contributed by atoms with Crippen LogP contribution in [0.5, 0.6) is 0 Å². The zero-order valence-corrected chi connectivity index (χ0v) is 9.19. The predicted molar refractivity (Wildman–Crippen MR) is 51.9 cm³/mol. The number of nitro groups is 1. The molecule has 0 aliphatic carbocycles. The molecule has 0 saturated carbocycles. The van der Waals surface area contributed by atoms with Crippen molar-refractivity contribution in [3.05, 3.63) is 27.6 Å². The molecule has 18 heavy (non-hydrogen) atoms. The summed E-state index contributed by atoms with van der Waals surface area (Å²) in [5.41, 5.74) is -3.48. The highest BCUT2D eigenvalue weighted by molar-refractivity contribution is 7.89. The van der Waals surface area contributed by atoms with E-state index in [1.807, 2.05) is 0 Å². The molecule has 0 aliphatic heterocycles. The molecule has 0 radical (unpaired) electrons. The highest BCUT2D eigenvalue weighted by Gasteiger charge is 2.34. The van der Waals surface area contributed by atoms with Crippen molar-refractivity contribution < 1.29 is 22.1 Å². The van der Waals surface area contributed by atoms with Crippen molar-refractivity contribution in [2.45, 2.75) is 11.3 Å². The fourth-order valence-electron chi connectivity index (χ4n) is 1.20. The molecule has 0 amide bonds. The summed E-state index contributed by atoms with van der Waals surface area (Å²) in [6, 6.07) is 1.24. The standard InChI is InChI=1S/C7H4F2N4O4S/c8-7(9)3-2-12-4(1-10)5(13(14)15)6(3)18(11,16)17/h2,7H,(H2,11,16,17). The normalized spacial score (nSPS) is 11.3. The average molecular weight is 278 g/mol. The number of hydrogen-bond donors (Lipinski definition) is 1. The fraction of sp³-hybridized carbons (Fsp3) is 0.143. The van der Waals surface area contributed by atoms with Crippen molar-refractivity contribution in [2.75, 3.05) is 0 Å². The lowest BCUT2D eigenvalue weighted by atomic mass is 10.2. The maximum atomic E-state index is 12.6. The Morgan fingerprint density at radius 2 is 2.11 bits per heavy atom. The second-order valence-corrected chi connectivity index (χ2v) is 4.45. The molecular weight excluding hydrogens is 274 g/mol. The molecule has 0 bridgehead atoms. The van der Waals surface area contributed by atoms with E-state index in [0.29, 0.717) is 6.20 Å². The first-order valence-electron chi connectivity index (χ1n) is 4.08. The van der Waals surface area contributed by atoms with Crippen LogP contribution in [0.25, 0.3) is 0 Å². The van der Waals surface area contributed by atoms with E-state index in [0.717, 1.165) is 0 Å². The third-order valence-corrected chi connectivity index (χ3v) is 2.84. The molecule has 1 heterocycles. The van der Waals surface area contributed by atoms with Crippen LogP contribution in [0.1, 0.15) is 17.7 Å². The van der Waals surface area contributed by atoms with Crippen molar-refractivity contribution in [3.8, 4) is 6.07 Å². The van der Waals surface area contributed by atoms with Crippen molar-refractivity contribution in [1.29, 1.82) is 5.26 Å². The van der Waals surface area contributed by atoms with E-state index in [4.69, 9.17) is 5.26 Å². The number of aromatic nitrogens is 1. The quantitative estimate of drug-likeness (QED) is 0.628. The Kier molecular flexibility index (Phi) is 3.54. The lowest BCUT2D eigenvalue weighted by Crippen LogP contribution is -2.18. The van der Waals surface area contributed by atoms with Gasteiger partial charge < -0.3 is 0 Å². The average Bonchev–Trinajstić information content (AvgIpc) is 2.25. The molecule has 0 spiro atoms. The number of hydrogen-bond acceptors (Lipinski definition) is 6. The minimum absolute atomic E-state index is 0.371. The number of halogens is 2. The third kappa shape index (κ3) is 2.39. The van der Waals surface area contributed by atoms with E-state index >= 15 is 0 Å². The summed E-state index contributed by atoms with van der Waals surface area (Å²) >= 11 is 0. The van der Waals surface area contributed by atoms with Crippen LogP contribution in [0.2, 0.25) is 0 Å². The topological polar surface area (TPSA) is 140 Å². The minimum Gasteiger partial charge on any atom is -0.258 e. The van der Waals surface area contributed by atoms with Gasteiger partial charge in [0.1, 0.15) is 6.07 Å². The first-order chi connectivity index (χ1) is 8.20. The van der Waals surface area contributed by atoms with Crippen LogP contribution in [0, 0.1) is 21.4 Å². The van der Waals surface area contributed by atoms with Crippen LogP contribution in [0.15, 0.2) is 11.1 Å². The number of nitrogens with two attached hydrogens (primary N) is 1. The van der Waals surface area contributed by atoms with Gasteiger partial charge in [-0.25, -0.2) is 27.3 Å². The number of primary sulfonamides is 1. The molecule has 0 atom stereocenters. The van der Waals surface area contributed by atoms with E-state index in [1.54, 1.807) is 0 Å². The van der Waals surface area contributed by atoms with E-state index in [-0.39, 0.29) is 0 Å². The van der Waals surface area contributed by atoms with E-state index < -0.39 is 43.2 Å². The first kappa shape index (κ1) is 13.9. The number of pyridine rings is 1. The Bertz CT molecular complexity index is 652. The molecule has 0 fully saturated rings. The zero-order valence-electron chi connectivity index (χ0n) is 8.37. The molecule has 1 aromatic heterocycles. The predicted octanol–water partition coefficient (Wildman–Crippen LogP) is 0.446. The highest BCUT2D eigenvalue weighted by atomic mass is 32.2. The van der Waals surface area contributed by atoms with Gasteiger partial charge in [0.15, 0.2) is 4.90 Å². The SMILES string of the molecule is N#Cc1ncc(C(F)F)c(S(N)(=O)=O)c1[N+](=O)[O-]. The molecule has 0 aromatic carbocycles. The van der Waals surface area contributed by atoms with Crippen molar-refractivity contribution in [3.63, 3.8) is 0 Å². The monoisotopic (exact) mass is 278 g/mol. The molecular formula is C7H4F2N4O4S. The number of sulfonamides is 1. The number of alkyl halides is 2. The van der Waals surface area contributed by atoms with E-state index in [2.05, 4.69) is 10.1 Å². The van der Waals surface area contributed by atoms with Gasteiger partial charge in [-0.2, -0.15) is 5.26 Å². The zero-order chi connectivity index (χ0) is 14.1. The van der Waals surface area contributed by atoms with Gasteiger partial charge in [0, 0.05) is 6.20 Å². The van der Waals surface area contributed by atoms with Crippen molar-refractivity contribution in [2.24, 2.45) is 5.14 Å². The second-order valence-electron chi connectivity index (χ2n) is 2.95. The van der Waals surface area contributed by atoms with Gasteiger partial charge in [0.2, 0.25) is 15.7 Å². The summed E-state index contributed by atoms with van der Waals surface area (Å²) in [4.78, 5) is 11.1. The van der Waals surface area contributed by atoms with Gasteiger partial charge in [0.05, 0.1) is 10.5 Å². The lowest BCUT2D eigenvalue weighted by molar-refractivity contribution is -0.388. The van der Waals surface area contributed by atoms with Gasteiger partial charge in [0.25, 0.3) is 6.43 Å². The number of rotatable bonds is 3. The van der Waals surface area contributed by atoms with Gasteiger partial charge in [-0.1, -0.05) is 0 Å². The fourth-order valence-corrected chi connectivity index (χ4v) is 2.11. The summed E-state index contributed by atoms with van der Waals surface area (Å²) in [7, 11) is -4.80. The van der Waals surface area contributed by atoms with Crippen LogP contribution in [0.3, 0.4) is 0 Å². The van der Waals surface area contributed by atoms with E-state index in [9.17, 15) is 27.3 Å². The van der Waals surface area contributed by atoms with Gasteiger partial charge in [-0.05, 0) is 0 Å². The molecule has 8 nitrogen and oxygen atoms in total. The maximum absolute atomic E-state index is 12.6. The van der Waals surface area contributed by atoms with Gasteiger partial charge in [-0.3, -0.25) is 10.1 Å².